The molecule has 0 radical (unpaired) electrons. The quantitative estimate of drug-likeness (QED) is 0.617. The lowest BCUT2D eigenvalue weighted by atomic mass is 10.2. The van der Waals surface area contributed by atoms with E-state index in [9.17, 15) is 12.8 Å². The van der Waals surface area contributed by atoms with Gasteiger partial charge < -0.3 is 15.6 Å². The van der Waals surface area contributed by atoms with Crippen molar-refractivity contribution < 1.29 is 22.7 Å². The second kappa shape index (κ2) is 7.32. The van der Waals surface area contributed by atoms with E-state index < -0.39 is 21.9 Å². The van der Waals surface area contributed by atoms with Crippen molar-refractivity contribution in [3.05, 3.63) is 22.4 Å². The molecule has 0 aliphatic carbocycles. The van der Waals surface area contributed by atoms with Gasteiger partial charge in [-0.15, -0.1) is 0 Å². The Morgan fingerprint density at radius 1 is 1.55 bits per heavy atom. The fourth-order valence-electron chi connectivity index (χ4n) is 1.59. The summed E-state index contributed by atoms with van der Waals surface area (Å²) in [4.78, 5) is -0.232. The molecule has 0 saturated carbocycles. The van der Waals surface area contributed by atoms with Gasteiger partial charge in [0.1, 0.15) is 10.7 Å². The molecule has 0 bridgehead atoms. The van der Waals surface area contributed by atoms with Crippen molar-refractivity contribution in [3.63, 3.8) is 0 Å². The lowest BCUT2D eigenvalue weighted by molar-refractivity contribution is 0.158. The summed E-state index contributed by atoms with van der Waals surface area (Å²) < 4.78 is 44.9. The standard InChI is InChI=1S/C11H16BrFN2O4S/c1-19-6-7(2-3-16)15-20(17,18)11-4-8(12)9(13)5-10(11)14/h4-5,7,15-16H,2-3,6,14H2,1H3. The Hall–Kier alpha value is -0.740. The Kier molecular flexibility index (Phi) is 6.34. The van der Waals surface area contributed by atoms with Crippen molar-refractivity contribution in [2.75, 3.05) is 26.1 Å². The minimum absolute atomic E-state index is 0.00229. The number of halogens is 2. The molecule has 0 spiro atoms. The topological polar surface area (TPSA) is 102 Å². The van der Waals surface area contributed by atoms with Gasteiger partial charge in [0.15, 0.2) is 0 Å². The van der Waals surface area contributed by atoms with Crippen molar-refractivity contribution in [1.82, 2.24) is 4.72 Å². The predicted octanol–water partition coefficient (Wildman–Crippen LogP) is 0.846. The zero-order valence-corrected chi connectivity index (χ0v) is 13.2. The molecule has 114 valence electrons. The van der Waals surface area contributed by atoms with Gasteiger partial charge in [-0.1, -0.05) is 0 Å². The van der Waals surface area contributed by atoms with Gasteiger partial charge in [-0.05, 0) is 34.5 Å². The zero-order chi connectivity index (χ0) is 15.3. The van der Waals surface area contributed by atoms with Crippen molar-refractivity contribution in [3.8, 4) is 0 Å². The van der Waals surface area contributed by atoms with E-state index in [0.717, 1.165) is 12.1 Å². The SMILES string of the molecule is COCC(CCO)NS(=O)(=O)c1cc(Br)c(F)cc1N. The molecule has 0 fully saturated rings. The van der Waals surface area contributed by atoms with Gasteiger partial charge in [0.05, 0.1) is 16.8 Å². The number of ether oxygens (including phenoxy) is 1. The summed E-state index contributed by atoms with van der Waals surface area (Å²) in [6.45, 7) is -0.0960. The highest BCUT2D eigenvalue weighted by molar-refractivity contribution is 9.10. The summed E-state index contributed by atoms with van der Waals surface area (Å²) in [6, 6.07) is 1.42. The van der Waals surface area contributed by atoms with Crippen molar-refractivity contribution in [1.29, 1.82) is 0 Å². The Morgan fingerprint density at radius 2 is 2.20 bits per heavy atom. The smallest absolute Gasteiger partial charge is 0.242 e. The van der Waals surface area contributed by atoms with E-state index in [1.165, 1.54) is 7.11 Å². The molecule has 0 aromatic heterocycles. The van der Waals surface area contributed by atoms with Crippen LogP contribution in [0.15, 0.2) is 21.5 Å². The van der Waals surface area contributed by atoms with Crippen LogP contribution in [0, 0.1) is 5.82 Å². The molecule has 0 amide bonds. The molecule has 9 heteroatoms. The molecule has 1 unspecified atom stereocenters. The molecule has 4 N–H and O–H groups in total. The number of methoxy groups -OCH3 is 1. The third-order valence-corrected chi connectivity index (χ3v) is 4.69. The third-order valence-electron chi connectivity index (χ3n) is 2.51. The van der Waals surface area contributed by atoms with Crippen molar-refractivity contribution in [2.45, 2.75) is 17.4 Å². The minimum atomic E-state index is -3.94. The minimum Gasteiger partial charge on any atom is -0.398 e. The van der Waals surface area contributed by atoms with Crippen molar-refractivity contribution >= 4 is 31.6 Å². The normalized spacial score (nSPS) is 13.4. The fraction of sp³-hybridized carbons (Fsp3) is 0.455. The monoisotopic (exact) mass is 370 g/mol. The fourth-order valence-corrected chi connectivity index (χ4v) is 3.48. The number of nitrogens with one attached hydrogen (secondary N) is 1. The van der Waals surface area contributed by atoms with Crippen LogP contribution in [0.3, 0.4) is 0 Å². The number of aliphatic hydroxyl groups excluding tert-OH is 1. The van der Waals surface area contributed by atoms with Crippen LogP contribution >= 0.6 is 15.9 Å². The van der Waals surface area contributed by atoms with Crippen LogP contribution in [-0.4, -0.2) is 39.9 Å². The molecule has 0 aliphatic heterocycles. The lowest BCUT2D eigenvalue weighted by Gasteiger charge is -2.18. The maximum atomic E-state index is 13.3. The van der Waals surface area contributed by atoms with Gasteiger partial charge in [-0.3, -0.25) is 0 Å². The number of hydrogen-bond donors (Lipinski definition) is 3. The number of benzene rings is 1. The second-order valence-corrected chi connectivity index (χ2v) is 6.63. The Labute approximate surface area is 125 Å². The maximum Gasteiger partial charge on any atom is 0.242 e. The number of nitrogens with two attached hydrogens (primary N) is 1. The Balaban J connectivity index is 3.07. The first-order valence-corrected chi connectivity index (χ1v) is 7.96. The van der Waals surface area contributed by atoms with Gasteiger partial charge in [-0.2, -0.15) is 0 Å². The van der Waals surface area contributed by atoms with Gasteiger partial charge in [0, 0.05) is 19.8 Å². The summed E-state index contributed by atoms with van der Waals surface area (Å²) >= 11 is 2.91. The van der Waals surface area contributed by atoms with E-state index in [4.69, 9.17) is 15.6 Å². The van der Waals surface area contributed by atoms with E-state index in [2.05, 4.69) is 20.7 Å². The molecular formula is C11H16BrFN2O4S. The summed E-state index contributed by atoms with van der Waals surface area (Å²) in [5.74, 6) is -0.648. The van der Waals surface area contributed by atoms with Crippen LogP contribution in [0.4, 0.5) is 10.1 Å². The molecule has 1 atom stereocenters. The molecule has 0 aliphatic rings. The number of anilines is 1. The Morgan fingerprint density at radius 3 is 2.75 bits per heavy atom. The highest BCUT2D eigenvalue weighted by Gasteiger charge is 2.23. The molecule has 6 nitrogen and oxygen atoms in total. The second-order valence-electron chi connectivity index (χ2n) is 4.09. The number of nitrogen functional groups attached to an aromatic ring is 1. The number of hydrogen-bond acceptors (Lipinski definition) is 5. The summed E-state index contributed by atoms with van der Waals surface area (Å²) in [5.41, 5.74) is 5.34. The molecule has 20 heavy (non-hydrogen) atoms. The van der Waals surface area contributed by atoms with Crippen molar-refractivity contribution in [2.24, 2.45) is 0 Å². The number of rotatable bonds is 7. The zero-order valence-electron chi connectivity index (χ0n) is 10.8. The first-order valence-electron chi connectivity index (χ1n) is 5.68. The van der Waals surface area contributed by atoms with Crippen LogP contribution in [-0.2, 0) is 14.8 Å². The van der Waals surface area contributed by atoms with Gasteiger partial charge >= 0.3 is 0 Å². The highest BCUT2D eigenvalue weighted by atomic mass is 79.9. The Bertz CT molecular complexity index is 562. The van der Waals surface area contributed by atoms with Gasteiger partial charge in [0.2, 0.25) is 10.0 Å². The first kappa shape index (κ1) is 17.3. The third kappa shape index (κ3) is 4.38. The number of aliphatic hydroxyl groups is 1. The highest BCUT2D eigenvalue weighted by Crippen LogP contribution is 2.26. The van der Waals surface area contributed by atoms with E-state index in [0.29, 0.717) is 0 Å². The predicted molar refractivity (Wildman–Crippen MR) is 76.2 cm³/mol. The van der Waals surface area contributed by atoms with E-state index in [-0.39, 0.29) is 34.7 Å². The average molecular weight is 371 g/mol. The lowest BCUT2D eigenvalue weighted by Crippen LogP contribution is -2.38. The van der Waals surface area contributed by atoms with Gasteiger partial charge in [0.25, 0.3) is 0 Å². The number of sulfonamides is 1. The van der Waals surface area contributed by atoms with E-state index in [1.807, 2.05) is 0 Å². The molecular weight excluding hydrogens is 355 g/mol. The summed E-state index contributed by atoms with van der Waals surface area (Å²) in [5, 5.41) is 8.89. The van der Waals surface area contributed by atoms with E-state index in [1.54, 1.807) is 0 Å². The molecule has 1 aromatic rings. The van der Waals surface area contributed by atoms with Gasteiger partial charge in [-0.25, -0.2) is 17.5 Å². The average Bonchev–Trinajstić information content (AvgIpc) is 2.33. The van der Waals surface area contributed by atoms with E-state index >= 15 is 0 Å². The van der Waals surface area contributed by atoms with Crippen LogP contribution in [0.1, 0.15) is 6.42 Å². The largest absolute Gasteiger partial charge is 0.398 e. The maximum absolute atomic E-state index is 13.3. The van der Waals surface area contributed by atoms with Crippen LogP contribution in [0.5, 0.6) is 0 Å². The molecule has 1 aromatic carbocycles. The first-order chi connectivity index (χ1) is 9.31. The summed E-state index contributed by atoms with van der Waals surface area (Å²) in [6.07, 6.45) is 0.190. The molecule has 0 saturated heterocycles. The van der Waals surface area contributed by atoms with Crippen LogP contribution in [0.2, 0.25) is 0 Å². The molecule has 0 heterocycles. The summed E-state index contributed by atoms with van der Waals surface area (Å²) in [7, 11) is -2.52. The molecule has 1 rings (SSSR count). The van der Waals surface area contributed by atoms with Crippen LogP contribution in [0.25, 0.3) is 0 Å². The van der Waals surface area contributed by atoms with Crippen LogP contribution < -0.4 is 10.5 Å².